The summed E-state index contributed by atoms with van der Waals surface area (Å²) in [7, 11) is 0. The monoisotopic (exact) mass is 1110 g/mol. The van der Waals surface area contributed by atoms with Gasteiger partial charge in [-0.15, -0.1) is 40.7 Å². The molecular formula is C64H53BN6Pt. The van der Waals surface area contributed by atoms with Crippen LogP contribution in [0.5, 0.6) is 0 Å². The summed E-state index contributed by atoms with van der Waals surface area (Å²) in [5, 5.41) is 2.28. The molecule has 0 saturated carbocycles. The minimum Gasteiger partial charge on any atom is -0.366 e. The fourth-order valence-corrected chi connectivity index (χ4v) is 11.4. The summed E-state index contributed by atoms with van der Waals surface area (Å²) in [4.78, 5) is 15.3. The Balaban J connectivity index is 0.00000530. The number of nitrogens with zero attached hydrogens (tertiary/aromatic N) is 6. The summed E-state index contributed by atoms with van der Waals surface area (Å²) < 4.78 is 4.64. The number of hydrogen-bond donors (Lipinski definition) is 0. The summed E-state index contributed by atoms with van der Waals surface area (Å²) in [6, 6.07) is 70.4. The molecule has 5 heterocycles. The van der Waals surface area contributed by atoms with Crippen molar-refractivity contribution in [2.24, 2.45) is 0 Å². The number of imidazole rings is 1. The first-order valence-corrected chi connectivity index (χ1v) is 24.8. The van der Waals surface area contributed by atoms with E-state index >= 15 is 0 Å². The average Bonchev–Trinajstić information content (AvgIpc) is 3.91. The van der Waals surface area contributed by atoms with E-state index in [1.165, 1.54) is 27.7 Å². The van der Waals surface area contributed by atoms with Crippen molar-refractivity contribution in [3.8, 4) is 22.9 Å². The van der Waals surface area contributed by atoms with E-state index in [0.717, 1.165) is 101 Å². The van der Waals surface area contributed by atoms with E-state index in [1.807, 2.05) is 12.3 Å². The standard InChI is InChI=1S/C64H53BN6.Pt/c1-40-17-15-18-41(2)61(40)71-54-22-12-10-20-51(54)67-62(71)42-26-35-53-49(37-42)65-50-39-57-48(47-19-9-11-21-52(47)70(57)59-25-13-14-36-66-59)38-58(50)69(46-33-29-44(30-34-46)64(6,7)8)56-24-16-23-55(60(56)65)68(53)45-31-27-43(28-32-45)63(3,4)5;/h9-36,38H,1-8H3;/q-2;+2. The number of rotatable bonds is 5. The van der Waals surface area contributed by atoms with Crippen LogP contribution in [0.1, 0.15) is 63.8 Å². The number of benzene rings is 8. The number of pyridine rings is 1. The summed E-state index contributed by atoms with van der Waals surface area (Å²) in [6.45, 7) is 17.8. The van der Waals surface area contributed by atoms with Crippen LogP contribution < -0.4 is 26.2 Å². The zero-order valence-electron chi connectivity index (χ0n) is 41.8. The van der Waals surface area contributed by atoms with Gasteiger partial charge < -0.3 is 18.9 Å². The van der Waals surface area contributed by atoms with Crippen LogP contribution in [0.15, 0.2) is 176 Å². The molecule has 0 bridgehead atoms. The van der Waals surface area contributed by atoms with E-state index < -0.39 is 0 Å². The Morgan fingerprint density at radius 1 is 0.500 bits per heavy atom. The van der Waals surface area contributed by atoms with E-state index in [1.54, 1.807) is 0 Å². The first-order chi connectivity index (χ1) is 34.3. The Morgan fingerprint density at radius 3 is 1.72 bits per heavy atom. The molecule has 0 aliphatic carbocycles. The molecule has 13 rings (SSSR count). The second-order valence-electron chi connectivity index (χ2n) is 21.4. The predicted octanol–water partition coefficient (Wildman–Crippen LogP) is 14.1. The van der Waals surface area contributed by atoms with Crippen LogP contribution in [0.2, 0.25) is 0 Å². The molecule has 8 aromatic carbocycles. The van der Waals surface area contributed by atoms with Crippen LogP contribution in [0, 0.1) is 26.0 Å². The Labute approximate surface area is 437 Å². The SMILES string of the molecule is Cc1cccc(C)c1-n1c(-c2[c-]c3c(cc2)N(c2ccc(C(C)(C)C)cc2)c2cccc4c2B3c2[c-]c3c(cc2N4c2ccc(C(C)(C)C)cc2)c2ccccc2n3-c2ccccn2)nc2ccccc21.[Pt+2]. The van der Waals surface area contributed by atoms with Gasteiger partial charge in [-0.1, -0.05) is 138 Å². The Morgan fingerprint density at radius 2 is 1.08 bits per heavy atom. The maximum Gasteiger partial charge on any atom is 2.00 e. The van der Waals surface area contributed by atoms with Crippen LogP contribution >= 0.6 is 0 Å². The van der Waals surface area contributed by atoms with Crippen molar-refractivity contribution in [2.45, 2.75) is 66.2 Å². The van der Waals surface area contributed by atoms with Crippen molar-refractivity contribution in [1.82, 2.24) is 19.1 Å². The summed E-state index contributed by atoms with van der Waals surface area (Å²) >= 11 is 0. The number of hydrogen-bond acceptors (Lipinski definition) is 4. The first kappa shape index (κ1) is 45.7. The quantitative estimate of drug-likeness (QED) is 0.127. The maximum atomic E-state index is 5.45. The van der Waals surface area contributed by atoms with E-state index in [9.17, 15) is 0 Å². The van der Waals surface area contributed by atoms with Crippen molar-refractivity contribution in [2.75, 3.05) is 9.80 Å². The van der Waals surface area contributed by atoms with Gasteiger partial charge in [0.1, 0.15) is 5.82 Å². The van der Waals surface area contributed by atoms with Crippen molar-refractivity contribution in [3.63, 3.8) is 0 Å². The maximum absolute atomic E-state index is 5.45. The van der Waals surface area contributed by atoms with E-state index in [2.05, 4.69) is 250 Å². The van der Waals surface area contributed by atoms with Gasteiger partial charge in [-0.25, -0.2) is 4.98 Å². The fraction of sp³-hybridized carbons (Fsp3) is 0.156. The van der Waals surface area contributed by atoms with E-state index in [-0.39, 0.29) is 38.6 Å². The largest absolute Gasteiger partial charge is 2.00 e. The van der Waals surface area contributed by atoms with Gasteiger partial charge in [0.25, 0.3) is 0 Å². The van der Waals surface area contributed by atoms with Gasteiger partial charge in [-0.2, -0.15) is 11.5 Å². The van der Waals surface area contributed by atoms with Gasteiger partial charge in [0.15, 0.2) is 0 Å². The number of anilines is 6. The number of para-hydroxylation sites is 4. The molecule has 0 spiro atoms. The van der Waals surface area contributed by atoms with Crippen molar-refractivity contribution < 1.29 is 21.1 Å². The zero-order valence-corrected chi connectivity index (χ0v) is 44.1. The molecule has 72 heavy (non-hydrogen) atoms. The normalized spacial score (nSPS) is 13.1. The second kappa shape index (κ2) is 16.8. The minimum absolute atomic E-state index is 0. The fourth-order valence-electron chi connectivity index (χ4n) is 11.4. The summed E-state index contributed by atoms with van der Waals surface area (Å²) in [6.07, 6.45) is 1.88. The van der Waals surface area contributed by atoms with Crippen LogP contribution in [-0.4, -0.2) is 25.8 Å². The molecule has 0 radical (unpaired) electrons. The Kier molecular flexibility index (Phi) is 10.7. The van der Waals surface area contributed by atoms with Gasteiger partial charge in [-0.3, -0.25) is 4.98 Å². The Bertz CT molecular complexity index is 3910. The molecule has 0 atom stereocenters. The molecule has 0 saturated heterocycles. The molecule has 0 amide bonds. The van der Waals surface area contributed by atoms with Gasteiger partial charge in [-0.05, 0) is 130 Å². The van der Waals surface area contributed by atoms with Gasteiger partial charge >= 0.3 is 21.1 Å². The molecule has 0 fully saturated rings. The molecule has 0 unspecified atom stereocenters. The third-order valence-corrected chi connectivity index (χ3v) is 14.9. The molecule has 3 aromatic heterocycles. The molecule has 0 N–H and O–H groups in total. The smallest absolute Gasteiger partial charge is 0.366 e. The van der Waals surface area contributed by atoms with Crippen molar-refractivity contribution in [1.29, 1.82) is 0 Å². The van der Waals surface area contributed by atoms with Crippen LogP contribution in [0.25, 0.3) is 55.7 Å². The first-order valence-electron chi connectivity index (χ1n) is 24.8. The van der Waals surface area contributed by atoms with Gasteiger partial charge in [0, 0.05) is 40.2 Å². The topological polar surface area (TPSA) is 42.1 Å². The molecule has 2 aliphatic rings. The van der Waals surface area contributed by atoms with Crippen molar-refractivity contribution >= 4 is 90.1 Å². The average molecular weight is 1110 g/mol. The summed E-state index contributed by atoms with van der Waals surface area (Å²) in [5.74, 6) is 1.72. The molecule has 352 valence electrons. The molecule has 2 aliphatic heterocycles. The number of fused-ring (bicyclic) bond motifs is 8. The van der Waals surface area contributed by atoms with E-state index in [4.69, 9.17) is 9.97 Å². The molecule has 6 nitrogen and oxygen atoms in total. The molecule has 8 heteroatoms. The number of aromatic nitrogens is 4. The second-order valence-corrected chi connectivity index (χ2v) is 21.4. The Hall–Kier alpha value is -7.47. The predicted molar refractivity (Wildman–Crippen MR) is 297 cm³/mol. The van der Waals surface area contributed by atoms with Crippen LogP contribution in [0.3, 0.4) is 0 Å². The van der Waals surface area contributed by atoms with Gasteiger partial charge in [0.2, 0.25) is 6.71 Å². The van der Waals surface area contributed by atoms with E-state index in [0.29, 0.717) is 0 Å². The third-order valence-electron chi connectivity index (χ3n) is 14.9. The zero-order chi connectivity index (χ0) is 48.5. The molecular weight excluding hydrogens is 1060 g/mol. The third kappa shape index (κ3) is 7.03. The van der Waals surface area contributed by atoms with Crippen LogP contribution in [-0.2, 0) is 31.9 Å². The molecule has 11 aromatic rings. The number of aryl methyl sites for hydroxylation is 2. The summed E-state index contributed by atoms with van der Waals surface area (Å²) in [5.41, 5.74) is 21.1. The van der Waals surface area contributed by atoms with Crippen molar-refractivity contribution in [3.05, 3.63) is 210 Å². The minimum atomic E-state index is -0.251. The van der Waals surface area contributed by atoms with Gasteiger partial charge in [0.05, 0.1) is 16.9 Å². The van der Waals surface area contributed by atoms with Crippen LogP contribution in [0.4, 0.5) is 34.1 Å².